The van der Waals surface area contributed by atoms with Crippen LogP contribution in [0.15, 0.2) is 23.0 Å². The highest BCUT2D eigenvalue weighted by atomic mass is 16.6. The van der Waals surface area contributed by atoms with Gasteiger partial charge in [0.1, 0.15) is 5.60 Å². The van der Waals surface area contributed by atoms with Gasteiger partial charge >= 0.3 is 11.8 Å². The summed E-state index contributed by atoms with van der Waals surface area (Å²) in [5.41, 5.74) is 2.69. The highest BCUT2D eigenvalue weighted by Gasteiger charge is 2.29. The molecular weight excluding hydrogens is 330 g/mol. The maximum atomic E-state index is 12.5. The molecule has 2 aliphatic rings. The Kier molecular flexibility index (Phi) is 4.09. The average molecular weight is 357 g/mol. The van der Waals surface area contributed by atoms with Crippen molar-refractivity contribution in [3.8, 4) is 0 Å². The molecule has 26 heavy (non-hydrogen) atoms. The van der Waals surface area contributed by atoms with Gasteiger partial charge in [-0.3, -0.25) is 4.57 Å². The molecule has 0 bridgehead atoms. The second-order valence-corrected chi connectivity index (χ2v) is 8.55. The number of likely N-dealkylation sites (tertiary alicyclic amines) is 1. The van der Waals surface area contributed by atoms with E-state index in [1.807, 2.05) is 31.4 Å². The van der Waals surface area contributed by atoms with Gasteiger partial charge in [-0.15, -0.1) is 0 Å². The lowest BCUT2D eigenvalue weighted by Crippen LogP contribution is -2.43. The van der Waals surface area contributed by atoms with Crippen LogP contribution in [0.2, 0.25) is 0 Å². The minimum atomic E-state index is -0.485. The average Bonchev–Trinajstić information content (AvgIpc) is 3.36. The summed E-state index contributed by atoms with van der Waals surface area (Å²) in [6.07, 6.45) is 3.75. The molecule has 0 spiro atoms. The van der Waals surface area contributed by atoms with Crippen molar-refractivity contribution in [1.29, 1.82) is 0 Å². The molecule has 1 saturated heterocycles. The van der Waals surface area contributed by atoms with Gasteiger partial charge in [0.15, 0.2) is 0 Å². The molecule has 0 atom stereocenters. The number of fused-ring (bicyclic) bond motifs is 1. The molecule has 2 heterocycles. The first-order chi connectivity index (χ1) is 12.3. The molecule has 1 saturated carbocycles. The van der Waals surface area contributed by atoms with Crippen molar-refractivity contribution in [3.63, 3.8) is 0 Å². The largest absolute Gasteiger partial charge is 0.444 e. The van der Waals surface area contributed by atoms with E-state index in [-0.39, 0.29) is 17.8 Å². The molecule has 6 heteroatoms. The van der Waals surface area contributed by atoms with Crippen LogP contribution in [-0.2, 0) is 4.74 Å². The van der Waals surface area contributed by atoms with E-state index in [0.717, 1.165) is 23.9 Å². The molecule has 6 nitrogen and oxygen atoms in total. The van der Waals surface area contributed by atoms with Crippen molar-refractivity contribution in [2.75, 3.05) is 13.1 Å². The van der Waals surface area contributed by atoms with Gasteiger partial charge < -0.3 is 14.6 Å². The molecule has 0 unspecified atom stereocenters. The normalized spacial score (nSPS) is 19.1. The molecule has 1 aromatic heterocycles. The van der Waals surface area contributed by atoms with Gasteiger partial charge in [-0.2, -0.15) is 0 Å². The molecule has 1 aliphatic carbocycles. The van der Waals surface area contributed by atoms with Crippen LogP contribution in [0.3, 0.4) is 0 Å². The summed E-state index contributed by atoms with van der Waals surface area (Å²) < 4.78 is 7.35. The molecule has 2 fully saturated rings. The van der Waals surface area contributed by atoms with Crippen LogP contribution >= 0.6 is 0 Å². The Balaban J connectivity index is 1.52. The van der Waals surface area contributed by atoms with Crippen molar-refractivity contribution in [2.45, 2.75) is 64.0 Å². The molecule has 1 N–H and O–H groups in total. The standard InChI is InChI=1S/C20H27N3O3/c1-20(2,3)26-19(25)22-10-8-15(9-11-22)23-17-12-14(13-4-5-13)6-7-16(17)21-18(23)24/h6-7,12-13,15H,4-5,8-11H2,1-3H3,(H,21,24). The Morgan fingerprint density at radius 1 is 1.15 bits per heavy atom. The first-order valence-corrected chi connectivity index (χ1v) is 9.54. The van der Waals surface area contributed by atoms with E-state index in [9.17, 15) is 9.59 Å². The highest BCUT2D eigenvalue weighted by molar-refractivity contribution is 5.76. The molecule has 140 valence electrons. The first kappa shape index (κ1) is 17.2. The second-order valence-electron chi connectivity index (χ2n) is 8.55. The summed E-state index contributed by atoms with van der Waals surface area (Å²) in [6, 6.07) is 6.44. The smallest absolute Gasteiger partial charge is 0.410 e. The van der Waals surface area contributed by atoms with E-state index < -0.39 is 5.60 Å². The maximum Gasteiger partial charge on any atom is 0.410 e. The van der Waals surface area contributed by atoms with Crippen molar-refractivity contribution in [1.82, 2.24) is 14.5 Å². The predicted molar refractivity (Wildman–Crippen MR) is 101 cm³/mol. The Morgan fingerprint density at radius 2 is 1.85 bits per heavy atom. The molecular formula is C20H27N3O3. The number of carbonyl (C=O) groups is 1. The Labute approximate surface area is 153 Å². The van der Waals surface area contributed by atoms with Crippen LogP contribution in [0.1, 0.15) is 64.0 Å². The molecule has 1 amide bonds. The summed E-state index contributed by atoms with van der Waals surface area (Å²) in [6.45, 7) is 6.85. The number of aromatic nitrogens is 2. The number of amides is 1. The summed E-state index contributed by atoms with van der Waals surface area (Å²) >= 11 is 0. The third-order valence-corrected chi connectivity index (χ3v) is 5.27. The van der Waals surface area contributed by atoms with Crippen LogP contribution in [0.5, 0.6) is 0 Å². The van der Waals surface area contributed by atoms with E-state index in [2.05, 4.69) is 17.1 Å². The quantitative estimate of drug-likeness (QED) is 0.889. The van der Waals surface area contributed by atoms with E-state index in [1.165, 1.54) is 18.4 Å². The zero-order valence-corrected chi connectivity index (χ0v) is 15.7. The van der Waals surface area contributed by atoms with Crippen LogP contribution in [0, 0.1) is 0 Å². The molecule has 1 aromatic carbocycles. The maximum absolute atomic E-state index is 12.5. The molecule has 4 rings (SSSR count). The number of nitrogens with one attached hydrogen (secondary N) is 1. The minimum Gasteiger partial charge on any atom is -0.444 e. The SMILES string of the molecule is CC(C)(C)OC(=O)N1CCC(n2c(=O)[nH]c3ccc(C4CC4)cc32)CC1. The van der Waals surface area contributed by atoms with Crippen LogP contribution in [-0.4, -0.2) is 39.2 Å². The third-order valence-electron chi connectivity index (χ3n) is 5.27. The fourth-order valence-corrected chi connectivity index (χ4v) is 3.80. The van der Waals surface area contributed by atoms with Gasteiger partial charge in [0.2, 0.25) is 0 Å². The highest BCUT2D eigenvalue weighted by Crippen LogP contribution is 2.41. The van der Waals surface area contributed by atoms with Crippen molar-refractivity contribution < 1.29 is 9.53 Å². The lowest BCUT2D eigenvalue weighted by molar-refractivity contribution is 0.0189. The van der Waals surface area contributed by atoms with Gasteiger partial charge in [-0.1, -0.05) is 6.07 Å². The Hall–Kier alpha value is -2.24. The summed E-state index contributed by atoms with van der Waals surface area (Å²) in [5, 5.41) is 0. The van der Waals surface area contributed by atoms with E-state index in [4.69, 9.17) is 4.74 Å². The minimum absolute atomic E-state index is 0.0522. The van der Waals surface area contributed by atoms with E-state index >= 15 is 0 Å². The molecule has 1 aliphatic heterocycles. The molecule has 0 radical (unpaired) electrons. The van der Waals surface area contributed by atoms with Gasteiger partial charge in [-0.05, 0) is 70.1 Å². The van der Waals surface area contributed by atoms with Gasteiger partial charge in [0.25, 0.3) is 0 Å². The summed E-state index contributed by atoms with van der Waals surface area (Å²) in [7, 11) is 0. The predicted octanol–water partition coefficient (Wildman–Crippen LogP) is 3.78. The number of hydrogen-bond acceptors (Lipinski definition) is 3. The number of piperidine rings is 1. The first-order valence-electron chi connectivity index (χ1n) is 9.54. The number of benzene rings is 1. The zero-order valence-electron chi connectivity index (χ0n) is 15.7. The number of ether oxygens (including phenoxy) is 1. The number of aromatic amines is 1. The number of nitrogens with zero attached hydrogens (tertiary/aromatic N) is 2. The third kappa shape index (κ3) is 3.37. The van der Waals surface area contributed by atoms with Crippen LogP contribution in [0.4, 0.5) is 4.79 Å². The fourth-order valence-electron chi connectivity index (χ4n) is 3.80. The monoisotopic (exact) mass is 357 g/mol. The van der Waals surface area contributed by atoms with Crippen molar-refractivity contribution in [3.05, 3.63) is 34.2 Å². The van der Waals surface area contributed by atoms with Crippen LogP contribution in [0.25, 0.3) is 11.0 Å². The lowest BCUT2D eigenvalue weighted by atomic mass is 10.0. The van der Waals surface area contributed by atoms with Crippen LogP contribution < -0.4 is 5.69 Å². The lowest BCUT2D eigenvalue weighted by Gasteiger charge is -2.33. The summed E-state index contributed by atoms with van der Waals surface area (Å²) in [5.74, 6) is 0.659. The zero-order chi connectivity index (χ0) is 18.5. The van der Waals surface area contributed by atoms with Crippen molar-refractivity contribution in [2.24, 2.45) is 0 Å². The van der Waals surface area contributed by atoms with E-state index in [1.54, 1.807) is 4.90 Å². The fraction of sp³-hybridized carbons (Fsp3) is 0.600. The Bertz CT molecular complexity index is 878. The van der Waals surface area contributed by atoms with Gasteiger partial charge in [0, 0.05) is 19.1 Å². The number of H-pyrrole nitrogens is 1. The summed E-state index contributed by atoms with van der Waals surface area (Å²) in [4.78, 5) is 29.5. The molecule has 2 aromatic rings. The second kappa shape index (κ2) is 6.18. The number of hydrogen-bond donors (Lipinski definition) is 1. The number of rotatable bonds is 2. The van der Waals surface area contributed by atoms with Gasteiger partial charge in [0.05, 0.1) is 11.0 Å². The number of carbonyl (C=O) groups excluding carboxylic acids is 1. The number of imidazole rings is 1. The van der Waals surface area contributed by atoms with E-state index in [0.29, 0.717) is 19.0 Å². The van der Waals surface area contributed by atoms with Crippen molar-refractivity contribution >= 4 is 17.1 Å². The van der Waals surface area contributed by atoms with Gasteiger partial charge in [-0.25, -0.2) is 9.59 Å². The topological polar surface area (TPSA) is 67.3 Å². The Morgan fingerprint density at radius 3 is 2.46 bits per heavy atom.